The Morgan fingerprint density at radius 1 is 1.17 bits per heavy atom. The minimum atomic E-state index is -1.36. The van der Waals surface area contributed by atoms with E-state index in [9.17, 15) is 23.6 Å². The van der Waals surface area contributed by atoms with Crippen LogP contribution >= 0.6 is 11.6 Å². The second-order valence-corrected chi connectivity index (χ2v) is 19.2. The van der Waals surface area contributed by atoms with Crippen LogP contribution in [0.5, 0.6) is 0 Å². The van der Waals surface area contributed by atoms with Gasteiger partial charge in [0.25, 0.3) is 0 Å². The summed E-state index contributed by atoms with van der Waals surface area (Å²) in [6.07, 6.45) is 4.86. The lowest BCUT2D eigenvalue weighted by Gasteiger charge is -2.20. The maximum absolute atomic E-state index is 14.9. The van der Waals surface area contributed by atoms with E-state index in [-0.39, 0.29) is 41.6 Å². The van der Waals surface area contributed by atoms with Crippen molar-refractivity contribution in [3.63, 3.8) is 0 Å². The Kier molecular flexibility index (Phi) is 11.0. The van der Waals surface area contributed by atoms with Crippen LogP contribution in [0.4, 0.5) is 14.5 Å². The molecule has 9 nitrogen and oxygen atoms in total. The van der Waals surface area contributed by atoms with Gasteiger partial charge in [-0.2, -0.15) is 4.73 Å². The first-order valence-corrected chi connectivity index (χ1v) is 19.9. The average Bonchev–Trinajstić information content (AvgIpc) is 3.44. The van der Waals surface area contributed by atoms with Crippen LogP contribution in [-0.2, 0) is 32.2 Å². The molecule has 1 aliphatic heterocycles. The van der Waals surface area contributed by atoms with E-state index < -0.39 is 31.6 Å². The topological polar surface area (TPSA) is 109 Å². The molecule has 2 bridgehead atoms. The fourth-order valence-electron chi connectivity index (χ4n) is 5.71. The van der Waals surface area contributed by atoms with E-state index in [4.69, 9.17) is 26.1 Å². The van der Waals surface area contributed by atoms with Gasteiger partial charge in [0.1, 0.15) is 24.3 Å². The molecule has 1 amide bonds. The molecule has 0 fully saturated rings. The predicted octanol–water partition coefficient (Wildman–Crippen LogP) is 7.45. The maximum atomic E-state index is 14.9. The van der Waals surface area contributed by atoms with Gasteiger partial charge in [-0.25, -0.2) is 13.8 Å². The van der Waals surface area contributed by atoms with Gasteiger partial charge in [0, 0.05) is 38.9 Å². The zero-order chi connectivity index (χ0) is 34.6. The summed E-state index contributed by atoms with van der Waals surface area (Å²) in [5.74, 6) is -2.34. The lowest BCUT2D eigenvalue weighted by atomic mass is 9.94. The zero-order valence-electron chi connectivity index (χ0n) is 27.4. The summed E-state index contributed by atoms with van der Waals surface area (Å²) in [6, 6.07) is 11.5. The SMILES string of the molecule is COC(=O)Cc1ccc2c(c1)NC(=O)CCCCC(c1ccc(-c3c(F)ccc(Cl)c3F)c[n+]1[O-])c1nc-2cn1COCC[Si](C)(C)C. The number of anilines is 1. The Bertz CT molecular complexity index is 1830. The number of esters is 1. The molecular weight excluding hydrogens is 658 g/mol. The van der Waals surface area contributed by atoms with Crippen molar-refractivity contribution in [1.29, 1.82) is 0 Å². The second kappa shape index (κ2) is 15.0. The summed E-state index contributed by atoms with van der Waals surface area (Å²) < 4.78 is 43.0. The van der Waals surface area contributed by atoms with Gasteiger partial charge >= 0.3 is 5.97 Å². The highest BCUT2D eigenvalue weighted by molar-refractivity contribution is 6.76. The molecular formula is C35H39ClF2N4O5Si. The average molecular weight is 697 g/mol. The highest BCUT2D eigenvalue weighted by Gasteiger charge is 2.30. The number of fused-ring (bicyclic) bond motifs is 4. The fraction of sp³-hybridized carbons (Fsp3) is 0.371. The van der Waals surface area contributed by atoms with Gasteiger partial charge in [-0.3, -0.25) is 9.59 Å². The number of carbonyl (C=O) groups excluding carboxylic acids is 2. The van der Waals surface area contributed by atoms with Crippen molar-refractivity contribution in [3.05, 3.63) is 93.8 Å². The number of ether oxygens (including phenoxy) is 2. The van der Waals surface area contributed by atoms with Crippen LogP contribution in [0.25, 0.3) is 22.4 Å². The number of halogens is 3. The quantitative estimate of drug-likeness (QED) is 0.0486. The number of nitrogens with one attached hydrogen (secondary N) is 1. The molecule has 13 heteroatoms. The molecule has 1 atom stereocenters. The Morgan fingerprint density at radius 2 is 1.96 bits per heavy atom. The van der Waals surface area contributed by atoms with Crippen LogP contribution in [0, 0.1) is 16.8 Å². The zero-order valence-corrected chi connectivity index (χ0v) is 29.2. The summed E-state index contributed by atoms with van der Waals surface area (Å²) in [4.78, 5) is 30.0. The van der Waals surface area contributed by atoms with Gasteiger partial charge in [0.15, 0.2) is 12.0 Å². The van der Waals surface area contributed by atoms with Crippen molar-refractivity contribution < 1.29 is 32.6 Å². The molecule has 1 N–H and O–H groups in total. The van der Waals surface area contributed by atoms with Gasteiger partial charge in [-0.1, -0.05) is 49.8 Å². The lowest BCUT2D eigenvalue weighted by molar-refractivity contribution is -0.614. The van der Waals surface area contributed by atoms with E-state index in [1.165, 1.54) is 13.2 Å². The first-order valence-electron chi connectivity index (χ1n) is 15.9. The van der Waals surface area contributed by atoms with E-state index in [2.05, 4.69) is 25.0 Å². The lowest BCUT2D eigenvalue weighted by Crippen LogP contribution is -2.34. The van der Waals surface area contributed by atoms with Crippen molar-refractivity contribution in [2.75, 3.05) is 19.0 Å². The van der Waals surface area contributed by atoms with Crippen LogP contribution in [0.3, 0.4) is 0 Å². The first kappa shape index (κ1) is 35.2. The molecule has 0 aliphatic carbocycles. The minimum Gasteiger partial charge on any atom is -0.618 e. The number of methoxy groups -OCH3 is 1. The molecule has 48 heavy (non-hydrogen) atoms. The molecule has 3 heterocycles. The molecule has 4 aromatic rings. The summed E-state index contributed by atoms with van der Waals surface area (Å²) in [5.41, 5.74) is 2.34. The molecule has 5 rings (SSSR count). The van der Waals surface area contributed by atoms with Gasteiger partial charge in [0.05, 0.1) is 41.1 Å². The standard InChI is InChI=1S/C35H39ClF2N4O5Si/c1-46-32(44)18-22-9-11-24-28(17-22)39-31(43)8-6-5-7-25(35-40-29(24)20-41(35)21-47-15-16-48(2,3)4)30-14-10-23(19-42(30)45)33-27(37)13-12-26(36)34(33)38/h9-14,17,19-20,25H,5-8,15-16,18,21H2,1-4H3,(H,39,43). The predicted molar refractivity (Wildman–Crippen MR) is 182 cm³/mol. The molecule has 0 spiro atoms. The molecule has 0 saturated heterocycles. The number of pyridine rings is 1. The molecule has 1 unspecified atom stereocenters. The normalized spacial score (nSPS) is 15.2. The van der Waals surface area contributed by atoms with Crippen LogP contribution < -0.4 is 10.0 Å². The number of imidazole rings is 1. The number of rotatable bonds is 9. The number of aromatic nitrogens is 3. The Labute approximate surface area is 284 Å². The molecule has 2 aromatic carbocycles. The van der Waals surface area contributed by atoms with Gasteiger partial charge in [-0.05, 0) is 48.7 Å². The number of hydrogen-bond acceptors (Lipinski definition) is 6. The monoisotopic (exact) mass is 696 g/mol. The van der Waals surface area contributed by atoms with Gasteiger partial charge in [0.2, 0.25) is 11.6 Å². The Morgan fingerprint density at radius 3 is 2.69 bits per heavy atom. The van der Waals surface area contributed by atoms with E-state index in [0.29, 0.717) is 64.6 Å². The molecule has 1 aliphatic rings. The van der Waals surface area contributed by atoms with Crippen molar-refractivity contribution in [2.45, 2.75) is 70.4 Å². The van der Waals surface area contributed by atoms with Crippen LogP contribution in [0.2, 0.25) is 30.7 Å². The second-order valence-electron chi connectivity index (χ2n) is 13.2. The van der Waals surface area contributed by atoms with Gasteiger partial charge < -0.3 is 24.6 Å². The Balaban J connectivity index is 1.60. The van der Waals surface area contributed by atoms with Crippen LogP contribution in [-0.4, -0.2) is 43.2 Å². The summed E-state index contributed by atoms with van der Waals surface area (Å²) in [7, 11) is -0.0419. The molecule has 0 radical (unpaired) electrons. The maximum Gasteiger partial charge on any atom is 0.309 e. The van der Waals surface area contributed by atoms with E-state index in [1.807, 2.05) is 10.8 Å². The number of benzene rings is 2. The number of hydrogen-bond donors (Lipinski definition) is 1. The minimum absolute atomic E-state index is 0.0365. The smallest absolute Gasteiger partial charge is 0.309 e. The van der Waals surface area contributed by atoms with Crippen molar-refractivity contribution >= 4 is 37.2 Å². The third kappa shape index (κ3) is 8.29. The molecule has 0 saturated carbocycles. The molecule has 2 aromatic heterocycles. The largest absolute Gasteiger partial charge is 0.618 e. The highest BCUT2D eigenvalue weighted by Crippen LogP contribution is 2.36. The Hall–Kier alpha value is -4.13. The third-order valence-electron chi connectivity index (χ3n) is 8.34. The molecule has 254 valence electrons. The fourth-order valence-corrected chi connectivity index (χ4v) is 6.62. The third-order valence-corrected chi connectivity index (χ3v) is 10.3. The highest BCUT2D eigenvalue weighted by atomic mass is 35.5. The van der Waals surface area contributed by atoms with Crippen LogP contribution in [0.15, 0.2) is 54.9 Å². The summed E-state index contributed by atoms with van der Waals surface area (Å²) in [5, 5.41) is 16.4. The number of nitrogens with zero attached hydrogens (tertiary/aromatic N) is 3. The van der Waals surface area contributed by atoms with Crippen molar-refractivity contribution in [2.24, 2.45) is 0 Å². The first-order chi connectivity index (χ1) is 22.8. The van der Waals surface area contributed by atoms with Gasteiger partial charge in [-0.15, -0.1) is 0 Å². The van der Waals surface area contributed by atoms with Crippen molar-refractivity contribution in [1.82, 2.24) is 9.55 Å². The summed E-state index contributed by atoms with van der Waals surface area (Å²) in [6.45, 7) is 7.55. The van der Waals surface area contributed by atoms with E-state index in [0.717, 1.165) is 24.4 Å². The van der Waals surface area contributed by atoms with E-state index in [1.54, 1.807) is 24.3 Å². The van der Waals surface area contributed by atoms with Crippen LogP contribution in [0.1, 0.15) is 48.7 Å². The van der Waals surface area contributed by atoms with E-state index >= 15 is 0 Å². The van der Waals surface area contributed by atoms with Crippen molar-refractivity contribution in [3.8, 4) is 22.4 Å². The number of amides is 1. The summed E-state index contributed by atoms with van der Waals surface area (Å²) >= 11 is 5.92. The number of carbonyl (C=O) groups is 2.